The molecule has 0 radical (unpaired) electrons. The summed E-state index contributed by atoms with van der Waals surface area (Å²) in [6.07, 6.45) is -1.30. The molecule has 1 saturated heterocycles. The van der Waals surface area contributed by atoms with Gasteiger partial charge in [0, 0.05) is 37.5 Å². The minimum Gasteiger partial charge on any atom is -0.481 e. The number of likely N-dealkylation sites (N-methyl/N-ethyl adjacent to an activating group) is 1. The Balaban J connectivity index is 1.80. The van der Waals surface area contributed by atoms with Crippen LogP contribution in [0.15, 0.2) is 29.6 Å². The number of carbonyl (C=O) groups is 5. The van der Waals surface area contributed by atoms with Crippen molar-refractivity contribution in [1.29, 1.82) is 0 Å². The highest BCUT2D eigenvalue weighted by Gasteiger charge is 2.38. The first-order valence-electron chi connectivity index (χ1n) is 18.9. The Morgan fingerprint density at radius 3 is 2.31 bits per heavy atom. The number of piperidine rings is 1. The number of likely N-dealkylation sites (tertiary alicyclic amines) is 1. The summed E-state index contributed by atoms with van der Waals surface area (Å²) in [7, 11) is 3.42. The molecule has 3 rings (SSSR count). The van der Waals surface area contributed by atoms with Crippen LogP contribution in [-0.2, 0) is 31.7 Å². The van der Waals surface area contributed by atoms with Crippen molar-refractivity contribution in [2.24, 2.45) is 17.8 Å². The van der Waals surface area contributed by atoms with E-state index in [1.165, 1.54) is 31.5 Å². The topological polar surface area (TPSA) is 158 Å². The molecule has 12 nitrogen and oxygen atoms in total. The first-order chi connectivity index (χ1) is 25.9. The summed E-state index contributed by atoms with van der Waals surface area (Å²) in [5.41, 5.74) is -0.436. The lowest BCUT2D eigenvalue weighted by Gasteiger charge is -2.39. The number of Topliss-reactive ketones (excluding diaryl/α,β-unsaturated/α-hetero) is 1. The third kappa shape index (κ3) is 13.1. The van der Waals surface area contributed by atoms with Gasteiger partial charge in [-0.2, -0.15) is 13.2 Å². The van der Waals surface area contributed by atoms with Gasteiger partial charge in [-0.05, 0) is 68.8 Å². The van der Waals surface area contributed by atoms with E-state index in [4.69, 9.17) is 4.74 Å². The Labute approximate surface area is 325 Å². The summed E-state index contributed by atoms with van der Waals surface area (Å²) in [5, 5.41) is 16.8. The average molecular weight is 796 g/mol. The first-order valence-corrected chi connectivity index (χ1v) is 19.7. The molecule has 1 fully saturated rings. The van der Waals surface area contributed by atoms with Crippen LogP contribution in [0.3, 0.4) is 0 Å². The largest absolute Gasteiger partial charge is 0.481 e. The number of amides is 3. The summed E-state index contributed by atoms with van der Waals surface area (Å²) >= 11 is 0.959. The highest BCUT2D eigenvalue weighted by molar-refractivity contribution is 7.12. The molecule has 16 heteroatoms. The number of hydrogen-bond acceptors (Lipinski definition) is 9. The fraction of sp³-hybridized carbons (Fsp3) is 0.641. The van der Waals surface area contributed by atoms with Gasteiger partial charge < -0.3 is 25.4 Å². The lowest BCUT2D eigenvalue weighted by molar-refractivity contribution is -0.142. The van der Waals surface area contributed by atoms with E-state index in [-0.39, 0.29) is 72.8 Å². The van der Waals surface area contributed by atoms with Gasteiger partial charge in [-0.25, -0.2) is 4.98 Å². The molecule has 3 unspecified atom stereocenters. The maximum absolute atomic E-state index is 14.4. The molecule has 3 N–H and O–H groups in total. The molecular weight excluding hydrogens is 740 g/mol. The molecular formula is C39H56F3N5O7S. The zero-order chi connectivity index (χ0) is 41.0. The zero-order valence-corrected chi connectivity index (χ0v) is 33.6. The van der Waals surface area contributed by atoms with Crippen LogP contribution >= 0.6 is 11.3 Å². The van der Waals surface area contributed by atoms with Gasteiger partial charge in [0.2, 0.25) is 11.8 Å². The number of rotatable bonds is 20. The monoisotopic (exact) mass is 795 g/mol. The number of alkyl halides is 3. The summed E-state index contributed by atoms with van der Waals surface area (Å²) < 4.78 is 44.6. The standard InChI is InChI=1S/C39H56F3N5O7S/c1-8-24(4)33(45-35(50)30-11-9-10-16-46(30)6)37(51)47(17-18-54-7)31(23(2)3)21-32(48)36-44-29(22-55-36)34(49)43-28(19-25(5)38(52)53)20-26-12-14-27(15-13-26)39(40,41)42/h12-15,22-25,28,30-31,33H,8-11,16-21H2,1-7H3,(H,43,49)(H,45,50)(H,52,53)/t24?,25-,28+,30?,31+,33?/m0/s1. The van der Waals surface area contributed by atoms with E-state index in [1.54, 1.807) is 4.90 Å². The highest BCUT2D eigenvalue weighted by Crippen LogP contribution is 2.30. The number of methoxy groups -OCH3 is 1. The maximum atomic E-state index is 14.4. The lowest BCUT2D eigenvalue weighted by Crippen LogP contribution is -2.59. The minimum absolute atomic E-state index is 0.00508. The van der Waals surface area contributed by atoms with Gasteiger partial charge in [0.15, 0.2) is 10.8 Å². The Morgan fingerprint density at radius 1 is 1.07 bits per heavy atom. The third-order valence-corrected chi connectivity index (χ3v) is 11.3. The SMILES string of the molecule is CCC(C)C(NC(=O)C1CCCCN1C)C(=O)N(CCOC)[C@H](CC(=O)c1nc(C(=O)N[C@@H](Cc2ccc(C(F)(F)F)cc2)C[C@H](C)C(=O)O)cs1)C(C)C. The number of hydrogen-bond donors (Lipinski definition) is 3. The van der Waals surface area contributed by atoms with Gasteiger partial charge >= 0.3 is 12.1 Å². The van der Waals surface area contributed by atoms with Gasteiger partial charge in [0.25, 0.3) is 5.91 Å². The second-order valence-electron chi connectivity index (χ2n) is 14.9. The molecule has 0 aliphatic carbocycles. The summed E-state index contributed by atoms with van der Waals surface area (Å²) in [5.74, 6) is -3.92. The van der Waals surface area contributed by atoms with E-state index in [0.29, 0.717) is 18.4 Å². The number of halogens is 3. The van der Waals surface area contributed by atoms with Crippen LogP contribution in [0.1, 0.15) is 105 Å². The first kappa shape index (κ1) is 45.5. The molecule has 0 saturated carbocycles. The minimum atomic E-state index is -4.52. The van der Waals surface area contributed by atoms with Crippen molar-refractivity contribution in [3.63, 3.8) is 0 Å². The molecule has 1 aromatic carbocycles. The zero-order valence-electron chi connectivity index (χ0n) is 32.8. The second-order valence-corrected chi connectivity index (χ2v) is 15.8. The Kier molecular flexibility index (Phi) is 17.3. The highest BCUT2D eigenvalue weighted by atomic mass is 32.1. The molecule has 6 atom stereocenters. The van der Waals surface area contributed by atoms with E-state index in [9.17, 15) is 42.3 Å². The molecule has 306 valence electrons. The summed E-state index contributed by atoms with van der Waals surface area (Å²) in [6, 6.07) is 1.91. The van der Waals surface area contributed by atoms with Gasteiger partial charge in [0.1, 0.15) is 11.7 Å². The number of aromatic nitrogens is 1. The van der Waals surface area contributed by atoms with Gasteiger partial charge in [-0.3, -0.25) is 28.9 Å². The quantitative estimate of drug-likeness (QED) is 0.143. The number of nitrogens with one attached hydrogen (secondary N) is 2. The number of benzene rings is 1. The number of carbonyl (C=O) groups excluding carboxylic acids is 4. The van der Waals surface area contributed by atoms with Crippen LogP contribution in [0.4, 0.5) is 13.2 Å². The van der Waals surface area contributed by atoms with E-state index in [1.807, 2.05) is 39.6 Å². The van der Waals surface area contributed by atoms with Crippen molar-refractivity contribution < 1.29 is 47.0 Å². The number of ether oxygens (including phenoxy) is 1. The van der Waals surface area contributed by atoms with Crippen molar-refractivity contribution in [3.05, 3.63) is 51.5 Å². The molecule has 1 aliphatic rings. The van der Waals surface area contributed by atoms with Crippen molar-refractivity contribution >= 4 is 40.8 Å². The Hall–Kier alpha value is -3.89. The number of thiazole rings is 1. The number of aliphatic carboxylic acids is 1. The smallest absolute Gasteiger partial charge is 0.416 e. The fourth-order valence-corrected chi connectivity index (χ4v) is 7.48. The molecule has 3 amide bonds. The molecule has 1 aromatic heterocycles. The van der Waals surface area contributed by atoms with Gasteiger partial charge in [-0.1, -0.05) is 59.6 Å². The number of nitrogens with zero attached hydrogens (tertiary/aromatic N) is 3. The summed E-state index contributed by atoms with van der Waals surface area (Å²) in [4.78, 5) is 74.6. The van der Waals surface area contributed by atoms with E-state index < -0.39 is 53.4 Å². The predicted molar refractivity (Wildman–Crippen MR) is 203 cm³/mol. The lowest BCUT2D eigenvalue weighted by atomic mass is 9.92. The third-order valence-electron chi connectivity index (χ3n) is 10.4. The van der Waals surface area contributed by atoms with Gasteiger partial charge in [-0.15, -0.1) is 11.3 Å². The molecule has 0 spiro atoms. The molecule has 55 heavy (non-hydrogen) atoms. The Bertz CT molecular complexity index is 1600. The van der Waals surface area contributed by atoms with Crippen LogP contribution in [0.25, 0.3) is 0 Å². The number of ketones is 1. The molecule has 2 heterocycles. The molecule has 0 bridgehead atoms. The molecule has 1 aliphatic heterocycles. The number of carboxylic acid groups (broad SMARTS) is 1. The van der Waals surface area contributed by atoms with Crippen molar-refractivity contribution in [2.75, 3.05) is 33.9 Å². The van der Waals surface area contributed by atoms with Crippen LogP contribution in [-0.4, -0.2) is 107 Å². The van der Waals surface area contributed by atoms with Crippen molar-refractivity contribution in [1.82, 2.24) is 25.4 Å². The predicted octanol–water partition coefficient (Wildman–Crippen LogP) is 5.70. The maximum Gasteiger partial charge on any atom is 0.416 e. The number of carboxylic acids is 1. The van der Waals surface area contributed by atoms with E-state index in [0.717, 1.165) is 42.9 Å². The average Bonchev–Trinajstić information content (AvgIpc) is 3.64. The van der Waals surface area contributed by atoms with Crippen molar-refractivity contribution in [3.8, 4) is 0 Å². The second kappa shape index (κ2) is 20.9. The van der Waals surface area contributed by atoms with Crippen molar-refractivity contribution in [2.45, 2.75) is 110 Å². The normalized spacial score (nSPS) is 17.8. The molecule has 2 aromatic rings. The van der Waals surface area contributed by atoms with Gasteiger partial charge in [0.05, 0.1) is 24.1 Å². The van der Waals surface area contributed by atoms with E-state index in [2.05, 4.69) is 15.6 Å². The van der Waals surface area contributed by atoms with E-state index >= 15 is 0 Å². The van der Waals surface area contributed by atoms with Crippen LogP contribution in [0, 0.1) is 17.8 Å². The Morgan fingerprint density at radius 2 is 1.75 bits per heavy atom. The summed E-state index contributed by atoms with van der Waals surface area (Å²) in [6.45, 7) is 10.3. The fourth-order valence-electron chi connectivity index (χ4n) is 6.73. The van der Waals surface area contributed by atoms with Crippen LogP contribution in [0.2, 0.25) is 0 Å². The van der Waals surface area contributed by atoms with Crippen LogP contribution in [0.5, 0.6) is 0 Å². The van der Waals surface area contributed by atoms with Crippen LogP contribution < -0.4 is 10.6 Å².